The van der Waals surface area contributed by atoms with Crippen molar-refractivity contribution in [1.82, 2.24) is 10.3 Å². The van der Waals surface area contributed by atoms with E-state index < -0.39 is 0 Å². The Morgan fingerprint density at radius 1 is 1.62 bits per heavy atom. The SMILES string of the molecule is CNC1COCc2c(F)cncc21. The van der Waals surface area contributed by atoms with Crippen molar-refractivity contribution in [1.29, 1.82) is 0 Å². The van der Waals surface area contributed by atoms with Gasteiger partial charge in [-0.25, -0.2) is 4.39 Å². The van der Waals surface area contributed by atoms with E-state index in [2.05, 4.69) is 10.3 Å². The molecule has 0 spiro atoms. The minimum atomic E-state index is -0.280. The maximum absolute atomic E-state index is 13.2. The molecule has 0 saturated heterocycles. The summed E-state index contributed by atoms with van der Waals surface area (Å²) in [5.74, 6) is -0.280. The van der Waals surface area contributed by atoms with Crippen molar-refractivity contribution in [2.75, 3.05) is 13.7 Å². The number of pyridine rings is 1. The van der Waals surface area contributed by atoms with Crippen molar-refractivity contribution in [2.45, 2.75) is 12.6 Å². The van der Waals surface area contributed by atoms with Crippen molar-refractivity contribution in [3.63, 3.8) is 0 Å². The molecule has 1 aromatic rings. The summed E-state index contributed by atoms with van der Waals surface area (Å²) < 4.78 is 18.5. The minimum absolute atomic E-state index is 0.0620. The van der Waals surface area contributed by atoms with Crippen LogP contribution in [0.4, 0.5) is 4.39 Å². The minimum Gasteiger partial charge on any atom is -0.375 e. The summed E-state index contributed by atoms with van der Waals surface area (Å²) in [4.78, 5) is 3.83. The molecule has 0 aromatic carbocycles. The molecule has 0 saturated carbocycles. The summed E-state index contributed by atoms with van der Waals surface area (Å²) in [6, 6.07) is 0.0620. The second-order valence-corrected chi connectivity index (χ2v) is 3.05. The Balaban J connectivity index is 2.45. The van der Waals surface area contributed by atoms with Crippen molar-refractivity contribution in [3.05, 3.63) is 29.3 Å². The molecule has 0 amide bonds. The van der Waals surface area contributed by atoms with E-state index in [1.165, 1.54) is 6.20 Å². The summed E-state index contributed by atoms with van der Waals surface area (Å²) >= 11 is 0. The highest BCUT2D eigenvalue weighted by atomic mass is 19.1. The van der Waals surface area contributed by atoms with Crippen LogP contribution in [0.2, 0.25) is 0 Å². The second-order valence-electron chi connectivity index (χ2n) is 3.05. The predicted molar refractivity (Wildman–Crippen MR) is 45.7 cm³/mol. The van der Waals surface area contributed by atoms with Crippen LogP contribution in [-0.2, 0) is 11.3 Å². The van der Waals surface area contributed by atoms with Crippen molar-refractivity contribution in [3.8, 4) is 0 Å². The third-order valence-electron chi connectivity index (χ3n) is 2.29. The molecule has 1 N–H and O–H groups in total. The Bertz CT molecular complexity index is 316. The smallest absolute Gasteiger partial charge is 0.147 e. The van der Waals surface area contributed by atoms with Gasteiger partial charge in [0.2, 0.25) is 0 Å². The fourth-order valence-corrected chi connectivity index (χ4v) is 1.54. The van der Waals surface area contributed by atoms with Gasteiger partial charge in [0.15, 0.2) is 0 Å². The first-order valence-electron chi connectivity index (χ1n) is 4.20. The van der Waals surface area contributed by atoms with Crippen LogP contribution in [0.5, 0.6) is 0 Å². The molecule has 2 heterocycles. The van der Waals surface area contributed by atoms with E-state index in [0.29, 0.717) is 18.8 Å². The molecule has 0 radical (unpaired) electrons. The number of rotatable bonds is 1. The standard InChI is InChI=1S/C9H11FN2O/c1-11-9-5-13-4-7-6(9)2-12-3-8(7)10/h2-3,9,11H,4-5H2,1H3. The van der Waals surface area contributed by atoms with Gasteiger partial charge in [-0.2, -0.15) is 0 Å². The summed E-state index contributed by atoms with van der Waals surface area (Å²) in [6.45, 7) is 0.927. The van der Waals surface area contributed by atoms with Gasteiger partial charge in [0, 0.05) is 11.8 Å². The number of fused-ring (bicyclic) bond motifs is 1. The molecular weight excluding hydrogens is 171 g/mol. The highest BCUT2D eigenvalue weighted by molar-refractivity contribution is 5.29. The zero-order valence-corrected chi connectivity index (χ0v) is 7.38. The van der Waals surface area contributed by atoms with Crippen LogP contribution in [0.3, 0.4) is 0 Å². The molecule has 70 valence electrons. The fourth-order valence-electron chi connectivity index (χ4n) is 1.54. The quantitative estimate of drug-likeness (QED) is 0.703. The Kier molecular flexibility index (Phi) is 2.24. The Morgan fingerprint density at radius 3 is 3.23 bits per heavy atom. The molecule has 0 fully saturated rings. The Morgan fingerprint density at radius 2 is 2.46 bits per heavy atom. The lowest BCUT2D eigenvalue weighted by atomic mass is 10.0. The van der Waals surface area contributed by atoms with E-state index in [0.717, 1.165) is 5.56 Å². The average molecular weight is 182 g/mol. The molecule has 0 aliphatic carbocycles. The van der Waals surface area contributed by atoms with Gasteiger partial charge in [0.05, 0.1) is 25.5 Å². The summed E-state index contributed by atoms with van der Waals surface area (Å²) in [7, 11) is 1.83. The van der Waals surface area contributed by atoms with E-state index in [4.69, 9.17) is 4.74 Å². The number of likely N-dealkylation sites (N-methyl/N-ethyl adjacent to an activating group) is 1. The second kappa shape index (κ2) is 3.40. The zero-order valence-electron chi connectivity index (χ0n) is 7.38. The van der Waals surface area contributed by atoms with Crippen molar-refractivity contribution in [2.24, 2.45) is 0 Å². The lowest BCUT2D eigenvalue weighted by molar-refractivity contribution is 0.0813. The average Bonchev–Trinajstić information content (AvgIpc) is 2.18. The van der Waals surface area contributed by atoms with Crippen LogP contribution in [-0.4, -0.2) is 18.6 Å². The molecule has 0 bridgehead atoms. The Labute approximate surface area is 75.9 Å². The summed E-state index contributed by atoms with van der Waals surface area (Å²) in [5, 5.41) is 3.06. The molecular formula is C9H11FN2O. The first-order valence-corrected chi connectivity index (χ1v) is 4.20. The van der Waals surface area contributed by atoms with Gasteiger partial charge in [0.25, 0.3) is 0 Å². The predicted octanol–water partition coefficient (Wildman–Crippen LogP) is 1.01. The normalized spacial score (nSPS) is 21.2. The molecule has 1 atom stereocenters. The maximum atomic E-state index is 13.2. The van der Waals surface area contributed by atoms with Gasteiger partial charge >= 0.3 is 0 Å². The van der Waals surface area contributed by atoms with Crippen LogP contribution < -0.4 is 5.32 Å². The van der Waals surface area contributed by atoms with E-state index >= 15 is 0 Å². The highest BCUT2D eigenvalue weighted by Gasteiger charge is 2.21. The number of hydrogen-bond donors (Lipinski definition) is 1. The number of ether oxygens (including phenoxy) is 1. The third kappa shape index (κ3) is 1.43. The van der Waals surface area contributed by atoms with Gasteiger partial charge in [-0.1, -0.05) is 0 Å². The number of nitrogens with one attached hydrogen (secondary N) is 1. The van der Waals surface area contributed by atoms with Crippen molar-refractivity contribution < 1.29 is 9.13 Å². The Hall–Kier alpha value is -1.00. The molecule has 2 rings (SSSR count). The van der Waals surface area contributed by atoms with E-state index in [1.54, 1.807) is 6.20 Å². The van der Waals surface area contributed by atoms with Crippen LogP contribution in [0, 0.1) is 5.82 Å². The molecule has 1 aliphatic heterocycles. The van der Waals surface area contributed by atoms with Crippen molar-refractivity contribution >= 4 is 0 Å². The van der Waals surface area contributed by atoms with Gasteiger partial charge in [0.1, 0.15) is 5.82 Å². The molecule has 3 nitrogen and oxygen atoms in total. The number of hydrogen-bond acceptors (Lipinski definition) is 3. The van der Waals surface area contributed by atoms with Crippen LogP contribution in [0.25, 0.3) is 0 Å². The maximum Gasteiger partial charge on any atom is 0.147 e. The van der Waals surface area contributed by atoms with Crippen LogP contribution in [0.1, 0.15) is 17.2 Å². The topological polar surface area (TPSA) is 34.1 Å². The van der Waals surface area contributed by atoms with E-state index in [1.807, 2.05) is 7.05 Å². The van der Waals surface area contributed by atoms with Crippen LogP contribution >= 0.6 is 0 Å². The molecule has 4 heteroatoms. The van der Waals surface area contributed by atoms with Crippen LogP contribution in [0.15, 0.2) is 12.4 Å². The lowest BCUT2D eigenvalue weighted by Crippen LogP contribution is -2.27. The zero-order chi connectivity index (χ0) is 9.26. The van der Waals surface area contributed by atoms with Gasteiger partial charge in [-0.3, -0.25) is 4.98 Å². The van der Waals surface area contributed by atoms with Gasteiger partial charge in [-0.15, -0.1) is 0 Å². The molecule has 1 aliphatic rings. The number of aromatic nitrogens is 1. The number of nitrogens with zero attached hydrogens (tertiary/aromatic N) is 1. The lowest BCUT2D eigenvalue weighted by Gasteiger charge is -2.24. The summed E-state index contributed by atoms with van der Waals surface area (Å²) in [6.07, 6.45) is 2.92. The third-order valence-corrected chi connectivity index (χ3v) is 2.29. The van der Waals surface area contributed by atoms with E-state index in [-0.39, 0.29) is 11.9 Å². The largest absolute Gasteiger partial charge is 0.375 e. The number of halogens is 1. The first kappa shape index (κ1) is 8.59. The highest BCUT2D eigenvalue weighted by Crippen LogP contribution is 2.25. The summed E-state index contributed by atoms with van der Waals surface area (Å²) in [5.41, 5.74) is 1.54. The van der Waals surface area contributed by atoms with E-state index in [9.17, 15) is 4.39 Å². The fraction of sp³-hybridized carbons (Fsp3) is 0.444. The first-order chi connectivity index (χ1) is 6.33. The molecule has 1 aromatic heterocycles. The van der Waals surface area contributed by atoms with Gasteiger partial charge in [-0.05, 0) is 12.6 Å². The van der Waals surface area contributed by atoms with Gasteiger partial charge < -0.3 is 10.1 Å². The molecule has 13 heavy (non-hydrogen) atoms. The monoisotopic (exact) mass is 182 g/mol. The molecule has 1 unspecified atom stereocenters.